The number of halogens is 3. The van der Waals surface area contributed by atoms with Gasteiger partial charge in [-0.3, -0.25) is 4.79 Å². The van der Waals surface area contributed by atoms with Gasteiger partial charge in [0.1, 0.15) is 28.8 Å². The molecule has 0 radical (unpaired) electrons. The van der Waals surface area contributed by atoms with E-state index in [2.05, 4.69) is 26.2 Å². The molecular weight excluding hydrogens is 572 g/mol. The van der Waals surface area contributed by atoms with Crippen LogP contribution in [0.1, 0.15) is 37.5 Å². The molecule has 0 spiro atoms. The molecular formula is C28H28BrF2N5O3. The van der Waals surface area contributed by atoms with Crippen molar-refractivity contribution >= 4 is 27.5 Å². The summed E-state index contributed by atoms with van der Waals surface area (Å²) in [6.07, 6.45) is 4.82. The zero-order valence-corrected chi connectivity index (χ0v) is 23.0. The second-order valence-corrected chi connectivity index (χ2v) is 10.3. The van der Waals surface area contributed by atoms with Crippen LogP contribution < -0.4 is 10.5 Å². The van der Waals surface area contributed by atoms with E-state index in [9.17, 15) is 13.6 Å². The number of nitrogens with zero attached hydrogens (tertiary/aromatic N) is 4. The molecule has 1 atom stereocenters. The summed E-state index contributed by atoms with van der Waals surface area (Å²) in [6.45, 7) is 1.24. The molecule has 11 heteroatoms. The highest BCUT2D eigenvalue weighted by molar-refractivity contribution is 9.10. The van der Waals surface area contributed by atoms with Crippen molar-refractivity contribution in [3.63, 3.8) is 0 Å². The molecule has 1 aliphatic heterocycles. The number of nitrogen functional groups attached to an aromatic ring is 1. The van der Waals surface area contributed by atoms with E-state index < -0.39 is 11.6 Å². The Morgan fingerprint density at radius 1 is 1.18 bits per heavy atom. The summed E-state index contributed by atoms with van der Waals surface area (Å²) < 4.78 is 40.8. The van der Waals surface area contributed by atoms with Gasteiger partial charge in [-0.2, -0.15) is 0 Å². The van der Waals surface area contributed by atoms with Gasteiger partial charge in [-0.25, -0.2) is 13.5 Å². The van der Waals surface area contributed by atoms with Crippen LogP contribution in [0.4, 0.5) is 14.5 Å². The molecule has 0 bridgehead atoms. The van der Waals surface area contributed by atoms with Crippen molar-refractivity contribution in [3.05, 3.63) is 70.5 Å². The summed E-state index contributed by atoms with van der Waals surface area (Å²) in [5, 5.41) is 8.30. The average Bonchev–Trinajstić information content (AvgIpc) is 3.57. The topological polar surface area (TPSA) is 99.4 Å². The maximum atomic E-state index is 14.2. The molecule has 4 aromatic rings. The zero-order valence-electron chi connectivity index (χ0n) is 21.4. The van der Waals surface area contributed by atoms with Crippen LogP contribution in [0.3, 0.4) is 0 Å². The molecule has 204 valence electrons. The second-order valence-electron chi connectivity index (χ2n) is 9.49. The van der Waals surface area contributed by atoms with Gasteiger partial charge in [0.2, 0.25) is 5.91 Å². The van der Waals surface area contributed by atoms with Gasteiger partial charge in [-0.05, 0) is 77.7 Å². The van der Waals surface area contributed by atoms with E-state index in [1.807, 2.05) is 41.3 Å². The first kappa shape index (κ1) is 26.9. The Balaban J connectivity index is 1.17. The lowest BCUT2D eigenvalue weighted by Crippen LogP contribution is -2.32. The van der Waals surface area contributed by atoms with Gasteiger partial charge < -0.3 is 19.8 Å². The Labute approximate surface area is 232 Å². The molecule has 39 heavy (non-hydrogen) atoms. The number of nitrogens with two attached hydrogens (primary N) is 1. The van der Waals surface area contributed by atoms with Gasteiger partial charge in [-0.1, -0.05) is 5.21 Å². The minimum Gasteiger partial charge on any atom is -0.497 e. The number of carbonyl (C=O) groups is 1. The minimum atomic E-state index is -0.866. The molecule has 2 aromatic carbocycles. The fourth-order valence-electron chi connectivity index (χ4n) is 4.80. The number of rotatable bonds is 7. The summed E-state index contributed by atoms with van der Waals surface area (Å²) in [6, 6.07) is 12.6. The SMILES string of the molecule is COc1ccc(-c2ccc(CCC(=O)N3CCCC(n4cc(-c5cc(F)c(Br)c(F)c5N)nn4)CC3)o2)cc1. The quantitative estimate of drug-likeness (QED) is 0.206. The Bertz CT molecular complexity index is 1470. The Hall–Kier alpha value is -3.73. The highest BCUT2D eigenvalue weighted by atomic mass is 79.9. The predicted octanol–water partition coefficient (Wildman–Crippen LogP) is 6.02. The first-order valence-corrected chi connectivity index (χ1v) is 13.5. The van der Waals surface area contributed by atoms with Gasteiger partial charge in [0.05, 0.1) is 29.5 Å². The van der Waals surface area contributed by atoms with Gasteiger partial charge >= 0.3 is 0 Å². The molecule has 2 aromatic heterocycles. The van der Waals surface area contributed by atoms with Gasteiger partial charge in [-0.15, -0.1) is 5.10 Å². The number of carbonyl (C=O) groups excluding carboxylic acids is 1. The first-order valence-electron chi connectivity index (χ1n) is 12.7. The third kappa shape index (κ3) is 5.83. The maximum absolute atomic E-state index is 14.2. The molecule has 0 aliphatic carbocycles. The van der Waals surface area contributed by atoms with Crippen molar-refractivity contribution in [1.29, 1.82) is 0 Å². The summed E-state index contributed by atoms with van der Waals surface area (Å²) in [5.74, 6) is 0.736. The Morgan fingerprint density at radius 3 is 2.74 bits per heavy atom. The summed E-state index contributed by atoms with van der Waals surface area (Å²) in [4.78, 5) is 14.9. The molecule has 1 fully saturated rings. The molecule has 1 amide bonds. The van der Waals surface area contributed by atoms with Crippen molar-refractivity contribution < 1.29 is 22.7 Å². The lowest BCUT2D eigenvalue weighted by molar-refractivity contribution is -0.131. The monoisotopic (exact) mass is 599 g/mol. The number of amides is 1. The van der Waals surface area contributed by atoms with Gasteiger partial charge in [0, 0.05) is 37.1 Å². The van der Waals surface area contributed by atoms with Crippen molar-refractivity contribution in [1.82, 2.24) is 19.9 Å². The Morgan fingerprint density at radius 2 is 1.97 bits per heavy atom. The maximum Gasteiger partial charge on any atom is 0.223 e. The van der Waals surface area contributed by atoms with Crippen LogP contribution in [-0.4, -0.2) is 46.0 Å². The third-order valence-corrected chi connectivity index (χ3v) is 7.76. The van der Waals surface area contributed by atoms with E-state index in [0.717, 1.165) is 41.7 Å². The average molecular weight is 600 g/mol. The molecule has 1 aliphatic rings. The van der Waals surface area contributed by atoms with Crippen molar-refractivity contribution in [2.75, 3.05) is 25.9 Å². The van der Waals surface area contributed by atoms with Crippen LogP contribution in [-0.2, 0) is 11.2 Å². The predicted molar refractivity (Wildman–Crippen MR) is 146 cm³/mol. The Kier molecular flexibility index (Phi) is 7.97. The number of benzene rings is 2. The molecule has 5 rings (SSSR count). The highest BCUT2D eigenvalue weighted by Gasteiger charge is 2.24. The lowest BCUT2D eigenvalue weighted by Gasteiger charge is -2.20. The molecule has 3 heterocycles. The summed E-state index contributed by atoms with van der Waals surface area (Å²) >= 11 is 2.86. The van der Waals surface area contributed by atoms with Crippen LogP contribution in [0, 0.1) is 11.6 Å². The fraction of sp³-hybridized carbons (Fsp3) is 0.321. The molecule has 8 nitrogen and oxygen atoms in total. The number of hydrogen-bond donors (Lipinski definition) is 1. The van der Waals surface area contributed by atoms with Crippen molar-refractivity contribution in [2.45, 2.75) is 38.1 Å². The summed E-state index contributed by atoms with van der Waals surface area (Å²) in [7, 11) is 1.63. The van der Waals surface area contributed by atoms with Crippen LogP contribution in [0.25, 0.3) is 22.6 Å². The van der Waals surface area contributed by atoms with Crippen LogP contribution in [0.15, 0.2) is 57.6 Å². The highest BCUT2D eigenvalue weighted by Crippen LogP contribution is 2.34. The van der Waals surface area contributed by atoms with Crippen LogP contribution >= 0.6 is 15.9 Å². The molecule has 2 N–H and O–H groups in total. The van der Waals surface area contributed by atoms with E-state index in [4.69, 9.17) is 14.9 Å². The third-order valence-electron chi connectivity index (χ3n) is 7.03. The number of hydrogen-bond acceptors (Lipinski definition) is 6. The number of aryl methyl sites for hydroxylation is 1. The number of furan rings is 1. The van der Waals surface area contributed by atoms with Crippen molar-refractivity contribution in [3.8, 4) is 28.3 Å². The lowest BCUT2D eigenvalue weighted by atomic mass is 10.1. The normalized spacial score (nSPS) is 15.8. The van der Waals surface area contributed by atoms with E-state index in [-0.39, 0.29) is 27.7 Å². The molecule has 0 saturated carbocycles. The van der Waals surface area contributed by atoms with Crippen LogP contribution in [0.5, 0.6) is 5.75 Å². The standard InChI is InChI=1S/C28H28BrF2N5O3/c1-38-19-6-4-17(5-7-19)24-10-8-20(39-24)9-11-25(37)35-13-2-3-18(12-14-35)36-16-23(33-34-36)21-15-22(30)26(29)27(31)28(21)32/h4-8,10,15-16,18H,2-3,9,11-14,32H2,1H3. The molecule has 1 saturated heterocycles. The number of methoxy groups -OCH3 is 1. The van der Waals surface area contributed by atoms with Crippen LogP contribution in [0.2, 0.25) is 0 Å². The number of likely N-dealkylation sites (tertiary alicyclic amines) is 1. The van der Waals surface area contributed by atoms with E-state index in [0.29, 0.717) is 38.0 Å². The van der Waals surface area contributed by atoms with E-state index in [1.165, 1.54) is 0 Å². The largest absolute Gasteiger partial charge is 0.497 e. The minimum absolute atomic E-state index is 0.00699. The second kappa shape index (κ2) is 11.6. The zero-order chi connectivity index (χ0) is 27.5. The van der Waals surface area contributed by atoms with Gasteiger partial charge in [0.15, 0.2) is 5.82 Å². The molecule has 1 unspecified atom stereocenters. The van der Waals surface area contributed by atoms with E-state index in [1.54, 1.807) is 18.0 Å². The first-order chi connectivity index (χ1) is 18.8. The smallest absolute Gasteiger partial charge is 0.223 e. The number of aromatic nitrogens is 3. The summed E-state index contributed by atoms with van der Waals surface area (Å²) in [5.41, 5.74) is 7.05. The number of anilines is 1. The van der Waals surface area contributed by atoms with E-state index >= 15 is 0 Å². The number of ether oxygens (including phenoxy) is 1. The van der Waals surface area contributed by atoms with Crippen molar-refractivity contribution in [2.24, 2.45) is 0 Å². The fourth-order valence-corrected chi connectivity index (χ4v) is 5.13. The van der Waals surface area contributed by atoms with Gasteiger partial charge in [0.25, 0.3) is 0 Å².